The zero-order chi connectivity index (χ0) is 16.0. The summed E-state index contributed by atoms with van der Waals surface area (Å²) in [7, 11) is 0. The van der Waals surface area contributed by atoms with E-state index >= 15 is 0 Å². The summed E-state index contributed by atoms with van der Waals surface area (Å²) in [5.74, 6) is 0. The lowest BCUT2D eigenvalue weighted by Crippen LogP contribution is -2.33. The predicted octanol–water partition coefficient (Wildman–Crippen LogP) is 2.40. The Labute approximate surface area is 143 Å². The lowest BCUT2D eigenvalue weighted by atomic mass is 10.1. The molecule has 5 heterocycles. The average Bonchev–Trinajstić information content (AvgIpc) is 3.22. The first-order chi connectivity index (χ1) is 11.4. The van der Waals surface area contributed by atoms with Gasteiger partial charge in [-0.05, 0) is 97.1 Å². The number of piperidine rings is 2. The molecule has 0 radical (unpaired) electrons. The molecule has 5 rings (SSSR count). The summed E-state index contributed by atoms with van der Waals surface area (Å²) < 4.78 is 0. The van der Waals surface area contributed by atoms with Crippen LogP contribution >= 0.6 is 0 Å². The quantitative estimate of drug-likeness (QED) is 0.553. The third-order valence-corrected chi connectivity index (χ3v) is 5.31. The van der Waals surface area contributed by atoms with Crippen molar-refractivity contribution in [3.8, 4) is 0 Å². The highest BCUT2D eigenvalue weighted by Gasteiger charge is 2.26. The molecule has 0 aromatic carbocycles. The zero-order valence-electron chi connectivity index (χ0n) is 15.2. The third kappa shape index (κ3) is 9.65. The summed E-state index contributed by atoms with van der Waals surface area (Å²) in [5, 5.41) is 13.2. The van der Waals surface area contributed by atoms with Crippen LogP contribution in [0.2, 0.25) is 0 Å². The van der Waals surface area contributed by atoms with E-state index in [4.69, 9.17) is 0 Å². The molecule has 4 N–H and O–H groups in total. The second-order valence-electron chi connectivity index (χ2n) is 7.44. The van der Waals surface area contributed by atoms with Gasteiger partial charge in [0.1, 0.15) is 0 Å². The zero-order valence-corrected chi connectivity index (χ0v) is 15.2. The summed E-state index contributed by atoms with van der Waals surface area (Å²) in [6, 6.07) is 1.82. The second-order valence-corrected chi connectivity index (χ2v) is 7.44. The van der Waals surface area contributed by atoms with Crippen LogP contribution in [0, 0.1) is 0 Å². The summed E-state index contributed by atoms with van der Waals surface area (Å²) in [5.41, 5.74) is 0. The number of fused-ring (bicyclic) bond motifs is 2. The minimum absolute atomic E-state index is 0.911. The first kappa shape index (κ1) is 19.2. The van der Waals surface area contributed by atoms with Gasteiger partial charge in [-0.2, -0.15) is 0 Å². The molecular weight excluding hydrogens is 284 g/mol. The van der Waals surface area contributed by atoms with Gasteiger partial charge in [-0.3, -0.25) is 0 Å². The Morgan fingerprint density at radius 2 is 0.783 bits per heavy atom. The van der Waals surface area contributed by atoms with Gasteiger partial charge in [-0.25, -0.2) is 0 Å². The standard InChI is InChI=1S/C7H13N.C5H11N.C4H9N.C3H7N/c1-2-6-4-5-7(3-1)8-6;1-2-4-6-5-3-1;1-2-4-5-3-1;1-2-4-3-1/h6-8H,1-5H2;6H,1-5H2;5H,1-4H2;4H,1-3H2. The van der Waals surface area contributed by atoms with Gasteiger partial charge in [-0.15, -0.1) is 0 Å². The molecule has 5 aliphatic rings. The van der Waals surface area contributed by atoms with Crippen LogP contribution in [-0.4, -0.2) is 51.4 Å². The van der Waals surface area contributed by atoms with Crippen LogP contribution in [0.25, 0.3) is 0 Å². The van der Waals surface area contributed by atoms with Crippen LogP contribution in [0.3, 0.4) is 0 Å². The van der Waals surface area contributed by atoms with Crippen molar-refractivity contribution in [1.82, 2.24) is 21.3 Å². The molecule has 23 heavy (non-hydrogen) atoms. The van der Waals surface area contributed by atoms with E-state index in [1.54, 1.807) is 0 Å². The molecule has 0 spiro atoms. The normalized spacial score (nSPS) is 31.3. The molecule has 2 atom stereocenters. The molecule has 4 nitrogen and oxygen atoms in total. The van der Waals surface area contributed by atoms with Crippen LogP contribution in [0.5, 0.6) is 0 Å². The van der Waals surface area contributed by atoms with E-state index in [2.05, 4.69) is 21.3 Å². The Bertz CT molecular complexity index is 223. The van der Waals surface area contributed by atoms with Gasteiger partial charge in [0.25, 0.3) is 0 Å². The van der Waals surface area contributed by atoms with Crippen molar-refractivity contribution in [2.75, 3.05) is 39.3 Å². The summed E-state index contributed by atoms with van der Waals surface area (Å²) in [6.45, 7) is 7.50. The predicted molar refractivity (Wildman–Crippen MR) is 100 cm³/mol. The molecule has 0 aromatic rings. The molecule has 0 amide bonds. The van der Waals surface area contributed by atoms with Crippen molar-refractivity contribution < 1.29 is 0 Å². The van der Waals surface area contributed by atoms with Gasteiger partial charge in [-0.1, -0.05) is 12.8 Å². The van der Waals surface area contributed by atoms with E-state index in [-0.39, 0.29) is 0 Å². The fraction of sp³-hybridized carbons (Fsp3) is 1.00. The van der Waals surface area contributed by atoms with Crippen molar-refractivity contribution in [2.45, 2.75) is 82.7 Å². The van der Waals surface area contributed by atoms with Gasteiger partial charge < -0.3 is 21.3 Å². The first-order valence-electron chi connectivity index (χ1n) is 10.3. The van der Waals surface area contributed by atoms with Crippen molar-refractivity contribution in [3.63, 3.8) is 0 Å². The summed E-state index contributed by atoms with van der Waals surface area (Å²) in [4.78, 5) is 0. The van der Waals surface area contributed by atoms with Gasteiger partial charge in [0.2, 0.25) is 0 Å². The average molecular weight is 325 g/mol. The third-order valence-electron chi connectivity index (χ3n) is 5.31. The molecule has 5 saturated heterocycles. The lowest BCUT2D eigenvalue weighted by Gasteiger charge is -2.19. The van der Waals surface area contributed by atoms with Crippen LogP contribution < -0.4 is 21.3 Å². The molecule has 2 bridgehead atoms. The summed E-state index contributed by atoms with van der Waals surface area (Å²) >= 11 is 0. The Morgan fingerprint density at radius 1 is 0.391 bits per heavy atom. The molecule has 4 heteroatoms. The SMILES string of the molecule is C1CC2CCC(C1)N2.C1CCNC1.C1CCNCC1.C1CNC1. The highest BCUT2D eigenvalue weighted by molar-refractivity contribution is 4.87. The van der Waals surface area contributed by atoms with Crippen molar-refractivity contribution >= 4 is 0 Å². The van der Waals surface area contributed by atoms with Crippen molar-refractivity contribution in [2.24, 2.45) is 0 Å². The topological polar surface area (TPSA) is 48.1 Å². The van der Waals surface area contributed by atoms with Gasteiger partial charge >= 0.3 is 0 Å². The monoisotopic (exact) mass is 324 g/mol. The van der Waals surface area contributed by atoms with E-state index < -0.39 is 0 Å². The molecule has 0 aliphatic carbocycles. The maximum absolute atomic E-state index is 3.59. The molecule has 5 aliphatic heterocycles. The minimum Gasteiger partial charge on any atom is -0.317 e. The minimum atomic E-state index is 0.911. The number of hydrogen-bond acceptors (Lipinski definition) is 4. The molecule has 2 unspecified atom stereocenters. The Balaban J connectivity index is 0.000000115. The lowest BCUT2D eigenvalue weighted by molar-refractivity contribution is 0.406. The smallest absolute Gasteiger partial charge is 0.00702 e. The van der Waals surface area contributed by atoms with Gasteiger partial charge in [0.05, 0.1) is 0 Å². The summed E-state index contributed by atoms with van der Waals surface area (Å²) in [6.07, 6.45) is 15.6. The van der Waals surface area contributed by atoms with E-state index in [1.165, 1.54) is 110 Å². The molecule has 0 aromatic heterocycles. The number of rotatable bonds is 0. The van der Waals surface area contributed by atoms with Crippen LogP contribution in [0.15, 0.2) is 0 Å². The fourth-order valence-electron chi connectivity index (χ4n) is 3.57. The highest BCUT2D eigenvalue weighted by atomic mass is 15.0. The van der Waals surface area contributed by atoms with E-state index in [0.717, 1.165) is 12.1 Å². The van der Waals surface area contributed by atoms with Crippen molar-refractivity contribution in [1.29, 1.82) is 0 Å². The molecule has 0 saturated carbocycles. The van der Waals surface area contributed by atoms with E-state index in [1.807, 2.05) is 0 Å². The van der Waals surface area contributed by atoms with E-state index in [9.17, 15) is 0 Å². The van der Waals surface area contributed by atoms with Crippen LogP contribution in [0.4, 0.5) is 0 Å². The first-order valence-corrected chi connectivity index (χ1v) is 10.3. The van der Waals surface area contributed by atoms with Crippen LogP contribution in [0.1, 0.15) is 70.6 Å². The number of nitrogens with one attached hydrogen (secondary N) is 4. The van der Waals surface area contributed by atoms with Crippen LogP contribution in [-0.2, 0) is 0 Å². The maximum atomic E-state index is 3.59. The Kier molecular flexibility index (Phi) is 11.0. The van der Waals surface area contributed by atoms with Crippen molar-refractivity contribution in [3.05, 3.63) is 0 Å². The van der Waals surface area contributed by atoms with E-state index in [0.29, 0.717) is 0 Å². The highest BCUT2D eigenvalue weighted by Crippen LogP contribution is 2.25. The fourth-order valence-corrected chi connectivity index (χ4v) is 3.57. The Hall–Kier alpha value is -0.160. The molecule has 5 fully saturated rings. The molecular formula is C19H40N4. The largest absolute Gasteiger partial charge is 0.317 e. The number of hydrogen-bond donors (Lipinski definition) is 4. The van der Waals surface area contributed by atoms with Gasteiger partial charge in [0, 0.05) is 12.1 Å². The Morgan fingerprint density at radius 3 is 1.04 bits per heavy atom. The molecule has 136 valence electrons. The maximum Gasteiger partial charge on any atom is 0.00702 e. The van der Waals surface area contributed by atoms with Gasteiger partial charge in [0.15, 0.2) is 0 Å². The second kappa shape index (κ2) is 13.2.